The molecule has 0 aliphatic heterocycles. The molecule has 2 heterocycles. The van der Waals surface area contributed by atoms with Crippen LogP contribution >= 0.6 is 0 Å². The van der Waals surface area contributed by atoms with Gasteiger partial charge < -0.3 is 9.84 Å². The number of methoxy groups -OCH3 is 1. The topological polar surface area (TPSA) is 77.2 Å². The maximum atomic E-state index is 11.5. The van der Waals surface area contributed by atoms with E-state index >= 15 is 0 Å². The number of hydrogen-bond acceptors (Lipinski definition) is 4. The molecule has 0 radical (unpaired) electrons. The van der Waals surface area contributed by atoms with Crippen LogP contribution in [0.3, 0.4) is 0 Å². The van der Waals surface area contributed by atoms with Gasteiger partial charge in [0.25, 0.3) is 0 Å². The molecule has 3 aromatic rings. The molecule has 2 aromatic heterocycles. The minimum absolute atomic E-state index is 0.0644. The number of ether oxygens (including phenoxy) is 1. The molecule has 1 N–H and O–H groups in total. The third-order valence-corrected chi connectivity index (χ3v) is 6.27. The number of hydrogen-bond donors (Lipinski definition) is 1. The van der Waals surface area contributed by atoms with Crippen LogP contribution in [0, 0.1) is 0 Å². The molecule has 0 fully saturated rings. The van der Waals surface area contributed by atoms with E-state index in [4.69, 9.17) is 9.84 Å². The van der Waals surface area contributed by atoms with Crippen LogP contribution in [0.1, 0.15) is 66.1 Å². The quantitative estimate of drug-likeness (QED) is 0.491. The fraction of sp³-hybridized carbons (Fsp3) is 0.423. The zero-order valence-corrected chi connectivity index (χ0v) is 18.7. The summed E-state index contributed by atoms with van der Waals surface area (Å²) in [5.74, 6) is -0.274. The number of rotatable bonds is 9. The second-order valence-electron chi connectivity index (χ2n) is 8.58. The summed E-state index contributed by atoms with van der Waals surface area (Å²) in [7, 11) is 1.57. The van der Waals surface area contributed by atoms with Crippen LogP contribution in [0.4, 0.5) is 0 Å². The van der Waals surface area contributed by atoms with Gasteiger partial charge in [-0.3, -0.25) is 14.5 Å². The molecule has 6 nitrogen and oxygen atoms in total. The lowest BCUT2D eigenvalue weighted by molar-refractivity contribution is -0.137. The lowest BCUT2D eigenvalue weighted by Gasteiger charge is -2.16. The Kier molecular flexibility index (Phi) is 7.20. The Morgan fingerprint density at radius 2 is 1.94 bits per heavy atom. The number of aromatic nitrogens is 3. The zero-order chi connectivity index (χ0) is 22.3. The molecule has 1 atom stereocenters. The van der Waals surface area contributed by atoms with Crippen molar-refractivity contribution in [3.8, 4) is 5.75 Å². The van der Waals surface area contributed by atoms with E-state index in [0.29, 0.717) is 5.75 Å². The summed E-state index contributed by atoms with van der Waals surface area (Å²) in [6.07, 6.45) is 14.4. The first-order valence-corrected chi connectivity index (χ1v) is 11.5. The number of nitrogens with zero attached hydrogens (tertiary/aromatic N) is 3. The van der Waals surface area contributed by atoms with Crippen molar-refractivity contribution in [2.24, 2.45) is 0 Å². The molecule has 6 heteroatoms. The van der Waals surface area contributed by atoms with E-state index in [9.17, 15) is 9.90 Å². The van der Waals surface area contributed by atoms with E-state index in [1.807, 2.05) is 18.3 Å². The van der Waals surface area contributed by atoms with Gasteiger partial charge in [0.1, 0.15) is 5.75 Å². The lowest BCUT2D eigenvalue weighted by Crippen LogP contribution is -2.16. The van der Waals surface area contributed by atoms with Crippen LogP contribution in [0.25, 0.3) is 0 Å². The van der Waals surface area contributed by atoms with Crippen molar-refractivity contribution in [3.05, 3.63) is 76.9 Å². The van der Waals surface area contributed by atoms with E-state index < -0.39 is 12.0 Å². The summed E-state index contributed by atoms with van der Waals surface area (Å²) >= 11 is 0. The summed E-state index contributed by atoms with van der Waals surface area (Å²) < 4.78 is 6.99. The van der Waals surface area contributed by atoms with Gasteiger partial charge in [0.15, 0.2) is 0 Å². The minimum atomic E-state index is -0.877. The van der Waals surface area contributed by atoms with E-state index in [1.54, 1.807) is 24.2 Å². The molecule has 4 rings (SSSR count). The average Bonchev–Trinajstić information content (AvgIpc) is 3.14. The molecule has 1 aliphatic carbocycles. The predicted molar refractivity (Wildman–Crippen MR) is 123 cm³/mol. The van der Waals surface area contributed by atoms with E-state index in [0.717, 1.165) is 30.5 Å². The highest BCUT2D eigenvalue weighted by Gasteiger charge is 2.20. The first-order chi connectivity index (χ1) is 15.6. The third kappa shape index (κ3) is 5.55. The lowest BCUT2D eigenvalue weighted by atomic mass is 9.97. The van der Waals surface area contributed by atoms with Crippen molar-refractivity contribution in [1.82, 2.24) is 14.8 Å². The van der Waals surface area contributed by atoms with Gasteiger partial charge in [-0.2, -0.15) is 5.10 Å². The van der Waals surface area contributed by atoms with E-state index in [-0.39, 0.29) is 6.42 Å². The summed E-state index contributed by atoms with van der Waals surface area (Å²) in [5, 5.41) is 14.1. The first-order valence-electron chi connectivity index (χ1n) is 11.5. The molecule has 0 amide bonds. The summed E-state index contributed by atoms with van der Waals surface area (Å²) in [6, 6.07) is 10.4. The number of aryl methyl sites for hydroxylation is 4. The standard InChI is InChI=1S/C26H31N3O3/c1-32-24-15-22(17-27-18-24)25(16-26(30)31)29-13-12-23(28-29)9-5-6-19-10-11-20-7-3-2-4-8-21(20)14-19/h10-15,17-18,25H,2-9,16H2,1H3,(H,30,31). The zero-order valence-electron chi connectivity index (χ0n) is 18.7. The summed E-state index contributed by atoms with van der Waals surface area (Å²) in [5.41, 5.74) is 6.21. The number of benzene rings is 1. The SMILES string of the molecule is COc1cncc(C(CC(=O)O)n2ccc(CCCc3ccc4c(c3)CCCCC4)n2)c1. The van der Waals surface area contributed by atoms with Gasteiger partial charge in [0.2, 0.25) is 0 Å². The van der Waals surface area contributed by atoms with Crippen molar-refractivity contribution >= 4 is 5.97 Å². The molecule has 32 heavy (non-hydrogen) atoms. The summed E-state index contributed by atoms with van der Waals surface area (Å²) in [6.45, 7) is 0. The maximum absolute atomic E-state index is 11.5. The Balaban J connectivity index is 1.41. The third-order valence-electron chi connectivity index (χ3n) is 6.27. The van der Waals surface area contributed by atoms with Gasteiger partial charge in [-0.1, -0.05) is 24.6 Å². The Morgan fingerprint density at radius 1 is 1.09 bits per heavy atom. The Hall–Kier alpha value is -3.15. The molecule has 0 bridgehead atoms. The maximum Gasteiger partial charge on any atom is 0.305 e. The van der Waals surface area contributed by atoms with Crippen molar-refractivity contribution in [2.45, 2.75) is 63.8 Å². The fourth-order valence-electron chi connectivity index (χ4n) is 4.54. The van der Waals surface area contributed by atoms with Crippen molar-refractivity contribution < 1.29 is 14.6 Å². The second kappa shape index (κ2) is 10.4. The molecule has 0 spiro atoms. The number of pyridine rings is 1. The Bertz CT molecular complexity index is 1060. The fourth-order valence-corrected chi connectivity index (χ4v) is 4.54. The Morgan fingerprint density at radius 3 is 2.75 bits per heavy atom. The highest BCUT2D eigenvalue weighted by Crippen LogP contribution is 2.25. The Labute approximate surface area is 189 Å². The van der Waals surface area contributed by atoms with Crippen molar-refractivity contribution in [3.63, 3.8) is 0 Å². The van der Waals surface area contributed by atoms with Crippen molar-refractivity contribution in [2.75, 3.05) is 7.11 Å². The van der Waals surface area contributed by atoms with E-state index in [1.165, 1.54) is 48.8 Å². The van der Waals surface area contributed by atoms with Crippen LogP contribution in [0.5, 0.6) is 5.75 Å². The van der Waals surface area contributed by atoms with Crippen LogP contribution < -0.4 is 4.74 Å². The number of carboxylic acid groups (broad SMARTS) is 1. The van der Waals surface area contributed by atoms with Gasteiger partial charge >= 0.3 is 5.97 Å². The van der Waals surface area contributed by atoms with Crippen LogP contribution in [-0.4, -0.2) is 33.0 Å². The van der Waals surface area contributed by atoms with Gasteiger partial charge in [0.05, 0.1) is 31.5 Å². The monoisotopic (exact) mass is 433 g/mol. The predicted octanol–water partition coefficient (Wildman–Crippen LogP) is 4.80. The normalized spacial score (nSPS) is 14.4. The van der Waals surface area contributed by atoms with E-state index in [2.05, 4.69) is 23.2 Å². The number of carbonyl (C=O) groups is 1. The minimum Gasteiger partial charge on any atom is -0.495 e. The molecule has 1 unspecified atom stereocenters. The molecule has 1 aliphatic rings. The molecule has 0 saturated heterocycles. The summed E-state index contributed by atoms with van der Waals surface area (Å²) in [4.78, 5) is 15.7. The molecule has 0 saturated carbocycles. The van der Waals surface area contributed by atoms with Crippen molar-refractivity contribution in [1.29, 1.82) is 0 Å². The molecular formula is C26H31N3O3. The van der Waals surface area contributed by atoms with Gasteiger partial charge in [-0.15, -0.1) is 0 Å². The number of aliphatic carboxylic acids is 1. The molecule has 1 aromatic carbocycles. The van der Waals surface area contributed by atoms with Gasteiger partial charge in [0, 0.05) is 12.4 Å². The smallest absolute Gasteiger partial charge is 0.305 e. The highest BCUT2D eigenvalue weighted by molar-refractivity contribution is 5.68. The molecule has 168 valence electrons. The number of fused-ring (bicyclic) bond motifs is 1. The number of carboxylic acids is 1. The van der Waals surface area contributed by atoms with Crippen LogP contribution in [0.15, 0.2) is 48.9 Å². The van der Waals surface area contributed by atoms with Gasteiger partial charge in [-0.25, -0.2) is 0 Å². The largest absolute Gasteiger partial charge is 0.495 e. The van der Waals surface area contributed by atoms with Gasteiger partial charge in [-0.05, 0) is 79.3 Å². The van der Waals surface area contributed by atoms with Crippen LogP contribution in [0.2, 0.25) is 0 Å². The van der Waals surface area contributed by atoms with Crippen LogP contribution in [-0.2, 0) is 30.5 Å². The first kappa shape index (κ1) is 22.1. The average molecular weight is 434 g/mol. The molecular weight excluding hydrogens is 402 g/mol. The highest BCUT2D eigenvalue weighted by atomic mass is 16.5. The second-order valence-corrected chi connectivity index (χ2v) is 8.58.